The van der Waals surface area contributed by atoms with Gasteiger partial charge in [-0.05, 0) is 30.5 Å². The minimum atomic E-state index is -5.73. The first kappa shape index (κ1) is 30.4. The van der Waals surface area contributed by atoms with Crippen LogP contribution in [0.15, 0.2) is 29.4 Å². The van der Waals surface area contributed by atoms with Gasteiger partial charge in [-0.25, -0.2) is 5.43 Å². The van der Waals surface area contributed by atoms with Gasteiger partial charge in [0.15, 0.2) is 0 Å². The van der Waals surface area contributed by atoms with Gasteiger partial charge in [-0.2, -0.15) is 46.4 Å². The van der Waals surface area contributed by atoms with Crippen molar-refractivity contribution in [1.82, 2.24) is 15.0 Å². The Morgan fingerprint density at radius 2 is 1.49 bits per heavy atom. The second-order valence-corrected chi connectivity index (χ2v) is 8.58. The van der Waals surface area contributed by atoms with E-state index in [-0.39, 0.29) is 11.9 Å². The summed E-state index contributed by atoms with van der Waals surface area (Å²) in [6, 6.07) is 5.43. The molecule has 1 aromatic heterocycles. The summed E-state index contributed by atoms with van der Waals surface area (Å²) < 4.78 is 83.0. The summed E-state index contributed by atoms with van der Waals surface area (Å²) in [4.78, 5) is 13.3. The number of hydrazone groups is 1. The van der Waals surface area contributed by atoms with Gasteiger partial charge in [-0.15, -0.1) is 0 Å². The lowest BCUT2D eigenvalue weighted by molar-refractivity contribution is -0.301. The van der Waals surface area contributed by atoms with Gasteiger partial charge < -0.3 is 9.64 Å². The second kappa shape index (κ2) is 14.2. The Morgan fingerprint density at radius 1 is 0.919 bits per heavy atom. The molecule has 7 nitrogen and oxygen atoms in total. The third-order valence-corrected chi connectivity index (χ3v) is 5.27. The quantitative estimate of drug-likeness (QED) is 0.117. The molecule has 1 heterocycles. The Morgan fingerprint density at radius 3 is 2.00 bits per heavy atom. The van der Waals surface area contributed by atoms with Crippen LogP contribution in [0, 0.1) is 0 Å². The molecule has 0 spiro atoms. The Balaban J connectivity index is 2.41. The summed E-state index contributed by atoms with van der Waals surface area (Å²) in [5.41, 5.74) is 3.06. The first-order valence-corrected chi connectivity index (χ1v) is 12.2. The Kier molecular flexibility index (Phi) is 11.7. The van der Waals surface area contributed by atoms with E-state index in [0.29, 0.717) is 23.7 Å². The number of nitrogens with one attached hydrogen (secondary N) is 1. The van der Waals surface area contributed by atoms with Crippen molar-refractivity contribution in [2.45, 2.75) is 70.8 Å². The van der Waals surface area contributed by atoms with E-state index in [1.807, 2.05) is 13.8 Å². The highest BCUT2D eigenvalue weighted by Crippen LogP contribution is 2.36. The zero-order chi connectivity index (χ0) is 27.5. The van der Waals surface area contributed by atoms with Gasteiger partial charge in [0.1, 0.15) is 0 Å². The summed E-state index contributed by atoms with van der Waals surface area (Å²) in [6.07, 6.45) is -9.16. The van der Waals surface area contributed by atoms with Crippen LogP contribution in [-0.2, 0) is 0 Å². The highest BCUT2D eigenvalue weighted by Gasteiger charge is 2.59. The number of hydrogen-bond donors (Lipinski definition) is 1. The topological polar surface area (TPSA) is 75.5 Å². The van der Waals surface area contributed by atoms with Gasteiger partial charge in [0.2, 0.25) is 5.95 Å². The minimum absolute atomic E-state index is 0.107. The Bertz CT molecular complexity index is 963. The van der Waals surface area contributed by atoms with Crippen LogP contribution >= 0.6 is 11.6 Å². The van der Waals surface area contributed by atoms with E-state index < -0.39 is 24.5 Å². The van der Waals surface area contributed by atoms with Crippen molar-refractivity contribution >= 4 is 29.7 Å². The molecule has 0 amide bonds. The summed E-state index contributed by atoms with van der Waals surface area (Å²) >= 11 is 5.84. The molecule has 0 aliphatic heterocycles. The minimum Gasteiger partial charge on any atom is -0.440 e. The Labute approximate surface area is 216 Å². The maximum Gasteiger partial charge on any atom is 0.434 e. The lowest BCUT2D eigenvalue weighted by Crippen LogP contribution is -2.47. The van der Waals surface area contributed by atoms with E-state index in [4.69, 9.17) is 11.6 Å². The normalized spacial score (nSPS) is 12.4. The molecule has 0 fully saturated rings. The number of nitrogens with zero attached hydrogens (tertiary/aromatic N) is 5. The lowest BCUT2D eigenvalue weighted by Gasteiger charge is -2.25. The van der Waals surface area contributed by atoms with Gasteiger partial charge in [-0.1, -0.05) is 63.3 Å². The number of unbranched alkanes of at least 4 members (excludes halogenated alkanes) is 4. The van der Waals surface area contributed by atoms with Gasteiger partial charge in [0.05, 0.1) is 6.21 Å². The Hall–Kier alpha value is -2.83. The molecule has 0 atom stereocenters. The number of aromatic nitrogens is 3. The molecule has 0 aliphatic carbocycles. The highest BCUT2D eigenvalue weighted by molar-refractivity contribution is 6.30. The molecule has 0 radical (unpaired) electrons. The van der Waals surface area contributed by atoms with E-state index in [0.717, 1.165) is 38.5 Å². The maximum absolute atomic E-state index is 13.1. The molecular weight excluding hydrogens is 526 g/mol. The van der Waals surface area contributed by atoms with Crippen molar-refractivity contribution in [2.75, 3.05) is 23.4 Å². The maximum atomic E-state index is 13.1. The highest BCUT2D eigenvalue weighted by atomic mass is 35.5. The van der Waals surface area contributed by atoms with Crippen LogP contribution in [-0.4, -0.2) is 52.7 Å². The van der Waals surface area contributed by atoms with Crippen LogP contribution in [0.25, 0.3) is 0 Å². The van der Waals surface area contributed by atoms with E-state index in [1.165, 1.54) is 6.21 Å². The molecule has 1 N–H and O–H groups in total. The van der Waals surface area contributed by atoms with Crippen molar-refractivity contribution in [3.05, 3.63) is 34.9 Å². The molecule has 0 saturated heterocycles. The zero-order valence-corrected chi connectivity index (χ0v) is 21.2. The van der Waals surface area contributed by atoms with Gasteiger partial charge in [0.25, 0.3) is 12.1 Å². The number of halogens is 7. The second-order valence-electron chi connectivity index (χ2n) is 8.15. The molecule has 0 unspecified atom stereocenters. The predicted molar refractivity (Wildman–Crippen MR) is 130 cm³/mol. The molecule has 1 aromatic carbocycles. The summed E-state index contributed by atoms with van der Waals surface area (Å²) in [5.74, 6) is -0.478. The number of rotatable bonds is 14. The molecule has 0 aliphatic rings. The summed E-state index contributed by atoms with van der Waals surface area (Å²) in [6.45, 7) is 4.92. The number of benzene rings is 1. The van der Waals surface area contributed by atoms with Crippen LogP contribution in [0.1, 0.15) is 57.9 Å². The van der Waals surface area contributed by atoms with Crippen LogP contribution in [0.4, 0.5) is 38.2 Å². The average Bonchev–Trinajstić information content (AvgIpc) is 2.81. The van der Waals surface area contributed by atoms with Crippen molar-refractivity contribution in [2.24, 2.45) is 5.10 Å². The number of alkyl halides is 6. The fraction of sp³-hybridized carbons (Fsp3) is 0.565. The molecule has 2 aromatic rings. The van der Waals surface area contributed by atoms with E-state index in [2.05, 4.69) is 30.2 Å². The summed E-state index contributed by atoms with van der Waals surface area (Å²) in [5, 5.41) is 4.43. The monoisotopic (exact) mass is 554 g/mol. The van der Waals surface area contributed by atoms with Crippen molar-refractivity contribution in [3.63, 3.8) is 0 Å². The predicted octanol–water partition coefficient (Wildman–Crippen LogP) is 7.03. The molecule has 0 saturated carbocycles. The molecule has 14 heteroatoms. The fourth-order valence-corrected chi connectivity index (χ4v) is 3.27. The van der Waals surface area contributed by atoms with E-state index in [9.17, 15) is 26.3 Å². The van der Waals surface area contributed by atoms with E-state index >= 15 is 0 Å². The molecule has 0 bridgehead atoms. The first-order chi connectivity index (χ1) is 17.4. The summed E-state index contributed by atoms with van der Waals surface area (Å²) in [7, 11) is 0. The van der Waals surface area contributed by atoms with Gasteiger partial charge >= 0.3 is 18.4 Å². The number of hydrogen-bond acceptors (Lipinski definition) is 7. The fourth-order valence-electron chi connectivity index (χ4n) is 3.15. The molecular formula is C23H29ClF6N6O. The number of ether oxygens (including phenoxy) is 1. The van der Waals surface area contributed by atoms with Gasteiger partial charge in [-0.3, -0.25) is 0 Å². The standard InChI is InChI=1S/C23H29ClF6N6O/c1-3-5-7-13-36(14-8-6-4-2)20-32-19(35-31-15-16-9-11-17(24)12-10-16)33-21(34-20)37-18(22(25,26)27)23(28,29)30/h9-12,15,18H,3-8,13-14H2,1-2H3,(H,32,33,34,35)/b31-15-. The molecule has 37 heavy (non-hydrogen) atoms. The van der Waals surface area contributed by atoms with Crippen molar-refractivity contribution in [3.8, 4) is 6.01 Å². The zero-order valence-electron chi connectivity index (χ0n) is 20.4. The van der Waals surface area contributed by atoms with Crippen LogP contribution in [0.2, 0.25) is 5.02 Å². The largest absolute Gasteiger partial charge is 0.440 e. The number of anilines is 2. The smallest absolute Gasteiger partial charge is 0.434 e. The first-order valence-electron chi connectivity index (χ1n) is 11.8. The third-order valence-electron chi connectivity index (χ3n) is 5.02. The third kappa shape index (κ3) is 10.6. The van der Waals surface area contributed by atoms with Crippen LogP contribution < -0.4 is 15.1 Å². The molecule has 206 valence electrons. The van der Waals surface area contributed by atoms with Crippen molar-refractivity contribution in [1.29, 1.82) is 0 Å². The SMILES string of the molecule is CCCCCN(CCCCC)c1nc(N/N=C\c2ccc(Cl)cc2)nc(OC(C(F)(F)F)C(F)(F)F)n1. The van der Waals surface area contributed by atoms with Crippen molar-refractivity contribution < 1.29 is 31.1 Å². The average molecular weight is 555 g/mol. The van der Waals surface area contributed by atoms with Crippen LogP contribution in [0.3, 0.4) is 0 Å². The lowest BCUT2D eigenvalue weighted by atomic mass is 10.2. The van der Waals surface area contributed by atoms with Gasteiger partial charge in [0, 0.05) is 18.1 Å². The van der Waals surface area contributed by atoms with E-state index in [1.54, 1.807) is 29.2 Å². The molecule has 2 rings (SSSR count). The van der Waals surface area contributed by atoms with Crippen LogP contribution in [0.5, 0.6) is 6.01 Å².